The molecule has 1 unspecified atom stereocenters. The Hall–Kier alpha value is -2.82. The van der Waals surface area contributed by atoms with Crippen LogP contribution in [0.5, 0.6) is 5.75 Å². The first-order valence-corrected chi connectivity index (χ1v) is 10.2. The van der Waals surface area contributed by atoms with Gasteiger partial charge in [0.25, 0.3) is 5.91 Å². The van der Waals surface area contributed by atoms with E-state index in [-0.39, 0.29) is 11.4 Å². The van der Waals surface area contributed by atoms with Gasteiger partial charge < -0.3 is 9.64 Å². The van der Waals surface area contributed by atoms with Crippen molar-refractivity contribution in [3.05, 3.63) is 58.7 Å². The topological polar surface area (TPSA) is 53.9 Å². The molecule has 154 valence electrons. The van der Waals surface area contributed by atoms with E-state index in [1.807, 2.05) is 0 Å². The molecule has 1 atom stereocenters. The third-order valence-corrected chi connectivity index (χ3v) is 5.79. The van der Waals surface area contributed by atoms with Gasteiger partial charge in [-0.15, -0.1) is 0 Å². The maximum Gasteiger partial charge on any atom is 0.271 e. The summed E-state index contributed by atoms with van der Waals surface area (Å²) in [6.07, 6.45) is 2.84. The van der Waals surface area contributed by atoms with Crippen molar-refractivity contribution in [1.82, 2.24) is 5.43 Å². The summed E-state index contributed by atoms with van der Waals surface area (Å²) in [6.45, 7) is 12.2. The Bertz CT molecular complexity index is 934. The van der Waals surface area contributed by atoms with Gasteiger partial charge in [0.15, 0.2) is 0 Å². The fourth-order valence-corrected chi connectivity index (χ4v) is 4.38. The number of aryl methyl sites for hydroxylation is 1. The molecular weight excluding hydrogens is 362 g/mol. The molecule has 29 heavy (non-hydrogen) atoms. The molecule has 0 aliphatic carbocycles. The lowest BCUT2D eigenvalue weighted by Crippen LogP contribution is -2.48. The summed E-state index contributed by atoms with van der Waals surface area (Å²) in [5.41, 5.74) is 8.10. The molecule has 1 amide bonds. The first kappa shape index (κ1) is 20.9. The van der Waals surface area contributed by atoms with Crippen molar-refractivity contribution in [3.63, 3.8) is 0 Å². The van der Waals surface area contributed by atoms with Gasteiger partial charge in [-0.05, 0) is 87.1 Å². The smallest absolute Gasteiger partial charge is 0.271 e. The lowest BCUT2D eigenvalue weighted by atomic mass is 9.79. The number of nitrogens with one attached hydrogen (secondary N) is 1. The van der Waals surface area contributed by atoms with Gasteiger partial charge in [-0.2, -0.15) is 5.10 Å². The molecule has 0 saturated heterocycles. The van der Waals surface area contributed by atoms with E-state index in [9.17, 15) is 4.79 Å². The molecule has 0 spiro atoms. The highest BCUT2D eigenvalue weighted by Gasteiger charge is 2.35. The van der Waals surface area contributed by atoms with Gasteiger partial charge in [0.1, 0.15) is 5.75 Å². The second-order valence-corrected chi connectivity index (χ2v) is 8.36. The van der Waals surface area contributed by atoms with Crippen molar-refractivity contribution in [2.24, 2.45) is 5.10 Å². The van der Waals surface area contributed by atoms with Crippen molar-refractivity contribution in [2.75, 3.05) is 18.6 Å². The zero-order valence-corrected chi connectivity index (χ0v) is 18.2. The van der Waals surface area contributed by atoms with Crippen LogP contribution in [0, 0.1) is 6.92 Å². The molecule has 5 heteroatoms. The van der Waals surface area contributed by atoms with Crippen LogP contribution in [0.15, 0.2) is 41.5 Å². The normalized spacial score (nSPS) is 17.9. The predicted octanol–water partition coefficient (Wildman–Crippen LogP) is 4.88. The summed E-state index contributed by atoms with van der Waals surface area (Å²) in [4.78, 5) is 14.8. The molecule has 5 nitrogen and oxygen atoms in total. The van der Waals surface area contributed by atoms with E-state index < -0.39 is 0 Å². The van der Waals surface area contributed by atoms with Gasteiger partial charge >= 0.3 is 0 Å². The zero-order valence-electron chi connectivity index (χ0n) is 18.2. The fraction of sp³-hybridized carbons (Fsp3) is 0.417. The summed E-state index contributed by atoms with van der Waals surface area (Å²) in [5.74, 6) is 0.856. The molecule has 3 rings (SSSR count). The first-order valence-electron chi connectivity index (χ1n) is 10.2. The van der Waals surface area contributed by atoms with E-state index in [0.29, 0.717) is 17.2 Å². The Morgan fingerprint density at radius 3 is 2.79 bits per heavy atom. The minimum Gasteiger partial charge on any atom is -0.497 e. The molecule has 1 heterocycles. The maximum absolute atomic E-state index is 12.3. The predicted molar refractivity (Wildman–Crippen MR) is 119 cm³/mol. The number of methoxy groups -OCH3 is 1. The number of hydrogen-bond donors (Lipinski definition) is 1. The van der Waals surface area contributed by atoms with Crippen LogP contribution in [-0.2, 0) is 0 Å². The highest BCUT2D eigenvalue weighted by atomic mass is 16.5. The highest BCUT2D eigenvalue weighted by Crippen LogP contribution is 2.43. The van der Waals surface area contributed by atoms with E-state index in [4.69, 9.17) is 4.74 Å². The highest BCUT2D eigenvalue weighted by molar-refractivity contribution is 5.95. The second-order valence-electron chi connectivity index (χ2n) is 8.36. The number of amides is 1. The van der Waals surface area contributed by atoms with Gasteiger partial charge in [0, 0.05) is 23.3 Å². The van der Waals surface area contributed by atoms with E-state index in [1.54, 1.807) is 37.6 Å². The Morgan fingerprint density at radius 2 is 2.10 bits per heavy atom. The van der Waals surface area contributed by atoms with Gasteiger partial charge in [0.2, 0.25) is 0 Å². The molecule has 1 aliphatic rings. The molecule has 2 aromatic carbocycles. The van der Waals surface area contributed by atoms with Crippen LogP contribution in [-0.4, -0.2) is 31.3 Å². The monoisotopic (exact) mass is 393 g/mol. The standard InChI is InChI=1S/C24H31N3O2/c1-7-27-22-11-16(2)19(13-21(22)17(3)14-24(27,4)5)15-25-26-23(28)18-9-8-10-20(12-18)29-6/h8-13,15,17H,7,14H2,1-6H3,(H,26,28)/b25-15-. The Labute approximate surface area is 173 Å². The largest absolute Gasteiger partial charge is 0.497 e. The van der Waals surface area contributed by atoms with E-state index in [1.165, 1.54) is 11.3 Å². The van der Waals surface area contributed by atoms with Crippen LogP contribution < -0.4 is 15.1 Å². The molecule has 2 aromatic rings. The van der Waals surface area contributed by atoms with Crippen LogP contribution in [0.25, 0.3) is 0 Å². The van der Waals surface area contributed by atoms with Crippen molar-refractivity contribution in [3.8, 4) is 5.75 Å². The summed E-state index contributed by atoms with van der Waals surface area (Å²) >= 11 is 0. The average Bonchev–Trinajstić information content (AvgIpc) is 2.68. The number of carbonyl (C=O) groups is 1. The SMILES string of the molecule is CCN1c2cc(C)c(/C=N\NC(=O)c3cccc(OC)c3)cc2C(C)CC1(C)C. The number of carbonyl (C=O) groups excluding carboxylic acids is 1. The Balaban J connectivity index is 1.82. The Morgan fingerprint density at radius 1 is 1.34 bits per heavy atom. The molecule has 1 aliphatic heterocycles. The number of rotatable bonds is 5. The molecule has 0 aromatic heterocycles. The lowest BCUT2D eigenvalue weighted by molar-refractivity contribution is 0.0955. The van der Waals surface area contributed by atoms with E-state index in [2.05, 4.69) is 62.2 Å². The minimum atomic E-state index is -0.261. The maximum atomic E-state index is 12.3. The van der Waals surface area contributed by atoms with Crippen LogP contribution in [0.1, 0.15) is 67.1 Å². The number of ether oxygens (including phenoxy) is 1. The molecular formula is C24H31N3O2. The number of fused-ring (bicyclic) bond motifs is 1. The average molecular weight is 394 g/mol. The third-order valence-electron chi connectivity index (χ3n) is 5.79. The number of nitrogens with zero attached hydrogens (tertiary/aromatic N) is 2. The van der Waals surface area contributed by atoms with Gasteiger partial charge in [-0.3, -0.25) is 4.79 Å². The quantitative estimate of drug-likeness (QED) is 0.582. The third kappa shape index (κ3) is 4.29. The summed E-state index contributed by atoms with van der Waals surface area (Å²) in [5, 5.41) is 4.20. The van der Waals surface area contributed by atoms with Crippen molar-refractivity contribution < 1.29 is 9.53 Å². The van der Waals surface area contributed by atoms with Gasteiger partial charge in [0.05, 0.1) is 13.3 Å². The Kier molecular flexibility index (Phi) is 5.96. The molecule has 0 saturated carbocycles. The van der Waals surface area contributed by atoms with E-state index >= 15 is 0 Å². The van der Waals surface area contributed by atoms with Crippen LogP contribution in [0.2, 0.25) is 0 Å². The zero-order chi connectivity index (χ0) is 21.2. The summed E-state index contributed by atoms with van der Waals surface area (Å²) in [7, 11) is 1.58. The first-order chi connectivity index (χ1) is 13.8. The second kappa shape index (κ2) is 8.27. The number of anilines is 1. The van der Waals surface area contributed by atoms with Gasteiger partial charge in [-0.1, -0.05) is 13.0 Å². The summed E-state index contributed by atoms with van der Waals surface area (Å²) < 4.78 is 5.17. The van der Waals surface area contributed by atoms with E-state index in [0.717, 1.165) is 24.1 Å². The number of hydrogen-bond acceptors (Lipinski definition) is 4. The van der Waals surface area contributed by atoms with Gasteiger partial charge in [-0.25, -0.2) is 5.43 Å². The fourth-order valence-electron chi connectivity index (χ4n) is 4.38. The van der Waals surface area contributed by atoms with Crippen LogP contribution in [0.4, 0.5) is 5.69 Å². The molecule has 1 N–H and O–H groups in total. The minimum absolute atomic E-state index is 0.147. The lowest BCUT2D eigenvalue weighted by Gasteiger charge is -2.47. The summed E-state index contributed by atoms with van der Waals surface area (Å²) in [6, 6.07) is 11.5. The van der Waals surface area contributed by atoms with Crippen LogP contribution in [0.3, 0.4) is 0 Å². The van der Waals surface area contributed by atoms with Crippen molar-refractivity contribution in [2.45, 2.75) is 52.5 Å². The number of hydrazone groups is 1. The number of benzene rings is 2. The van der Waals surface area contributed by atoms with Crippen molar-refractivity contribution >= 4 is 17.8 Å². The molecule has 0 fully saturated rings. The molecule has 0 bridgehead atoms. The van der Waals surface area contributed by atoms with Crippen molar-refractivity contribution in [1.29, 1.82) is 0 Å². The van der Waals surface area contributed by atoms with Crippen LogP contribution >= 0.6 is 0 Å². The molecule has 0 radical (unpaired) electrons.